The maximum absolute atomic E-state index is 13.3. The number of phenolic OH excluding ortho intramolecular Hbond substituents is 1. The van der Waals surface area contributed by atoms with E-state index < -0.39 is 17.2 Å². The number of nitrogens with one attached hydrogen (secondary N) is 1. The van der Waals surface area contributed by atoms with E-state index in [-0.39, 0.29) is 32.9 Å². The van der Waals surface area contributed by atoms with E-state index >= 15 is 0 Å². The van der Waals surface area contributed by atoms with Gasteiger partial charge in [-0.3, -0.25) is 24.1 Å². The number of carbonyl (C=O) groups excluding carboxylic acids is 1. The molecule has 1 fully saturated rings. The van der Waals surface area contributed by atoms with Gasteiger partial charge in [0.2, 0.25) is 5.95 Å². The molecule has 0 atom stereocenters. The van der Waals surface area contributed by atoms with Crippen LogP contribution < -0.4 is 21.4 Å². The number of ether oxygens (including phenoxy) is 1. The van der Waals surface area contributed by atoms with Gasteiger partial charge in [0.05, 0.1) is 12.0 Å². The fourth-order valence-electron chi connectivity index (χ4n) is 4.23. The van der Waals surface area contributed by atoms with Crippen LogP contribution >= 0.6 is 24.0 Å². The summed E-state index contributed by atoms with van der Waals surface area (Å²) in [6.07, 6.45) is 2.22. The third kappa shape index (κ3) is 4.81. The van der Waals surface area contributed by atoms with Gasteiger partial charge in [-0.05, 0) is 48.0 Å². The molecule has 1 aliphatic rings. The van der Waals surface area contributed by atoms with Crippen molar-refractivity contribution in [2.75, 3.05) is 12.5 Å². The van der Waals surface area contributed by atoms with Crippen molar-refractivity contribution in [1.29, 1.82) is 0 Å². The number of benzene rings is 2. The van der Waals surface area contributed by atoms with Crippen molar-refractivity contribution in [2.45, 2.75) is 13.0 Å². The summed E-state index contributed by atoms with van der Waals surface area (Å²) in [5.41, 5.74) is 4.08. The minimum absolute atomic E-state index is 0.0150. The molecule has 2 aromatic heterocycles. The second-order valence-corrected chi connectivity index (χ2v) is 10.4. The second kappa shape index (κ2) is 10.4. The molecule has 39 heavy (non-hydrogen) atoms. The number of aromatic nitrogens is 4. The van der Waals surface area contributed by atoms with Crippen molar-refractivity contribution in [3.8, 4) is 11.5 Å². The zero-order valence-electron chi connectivity index (χ0n) is 21.2. The number of carbonyl (C=O) groups is 1. The van der Waals surface area contributed by atoms with Crippen LogP contribution in [0.15, 0.2) is 63.0 Å². The quantitative estimate of drug-likeness (QED) is 0.258. The summed E-state index contributed by atoms with van der Waals surface area (Å²) in [6, 6.07) is 14.5. The standard InChI is InChI=1S/C26H24N6O5S2/c1-29-21-20(23(35)30(2)25(29)36)31(12-11-15-7-5-4-6-8-15)24(27-21)28-32-22(34)19(39-26(32)38)14-16-9-10-17(33)18(13-16)37-3/h4-10,13-14,33H,11-12H2,1-3H3,(H,27,28)/b19-14+. The highest BCUT2D eigenvalue weighted by molar-refractivity contribution is 8.26. The van der Waals surface area contributed by atoms with Crippen LogP contribution in [0.5, 0.6) is 11.5 Å². The zero-order valence-corrected chi connectivity index (χ0v) is 22.9. The lowest BCUT2D eigenvalue weighted by Crippen LogP contribution is -2.37. The van der Waals surface area contributed by atoms with Crippen LogP contribution in [0.25, 0.3) is 17.2 Å². The number of phenols is 1. The minimum atomic E-state index is -0.510. The second-order valence-electron chi connectivity index (χ2n) is 8.76. The number of thioether (sulfide) groups is 1. The number of nitrogens with zero attached hydrogens (tertiary/aromatic N) is 5. The summed E-state index contributed by atoms with van der Waals surface area (Å²) in [5, 5.41) is 11.0. The average Bonchev–Trinajstić information content (AvgIpc) is 3.43. The minimum Gasteiger partial charge on any atom is -0.504 e. The van der Waals surface area contributed by atoms with Gasteiger partial charge in [0, 0.05) is 20.6 Å². The Morgan fingerprint density at radius 3 is 2.56 bits per heavy atom. The number of anilines is 1. The number of thiocarbonyl (C=S) groups is 1. The molecule has 0 spiro atoms. The number of fused-ring (bicyclic) bond motifs is 1. The molecule has 0 saturated carbocycles. The first-order valence-corrected chi connectivity index (χ1v) is 13.0. The summed E-state index contributed by atoms with van der Waals surface area (Å²) in [4.78, 5) is 43.9. The van der Waals surface area contributed by atoms with E-state index in [1.54, 1.807) is 22.8 Å². The first-order valence-electron chi connectivity index (χ1n) is 11.8. The highest BCUT2D eigenvalue weighted by Gasteiger charge is 2.34. The van der Waals surface area contributed by atoms with Gasteiger partial charge in [-0.25, -0.2) is 4.79 Å². The van der Waals surface area contributed by atoms with Gasteiger partial charge >= 0.3 is 5.69 Å². The average molecular weight is 565 g/mol. The molecule has 5 rings (SSSR count). The molecule has 1 saturated heterocycles. The fraction of sp³-hybridized carbons (Fsp3) is 0.192. The number of hydrazine groups is 1. The van der Waals surface area contributed by atoms with E-state index in [0.29, 0.717) is 23.4 Å². The van der Waals surface area contributed by atoms with E-state index in [2.05, 4.69) is 10.4 Å². The number of methoxy groups -OCH3 is 1. The Kier molecular flexibility index (Phi) is 7.02. The highest BCUT2D eigenvalue weighted by Crippen LogP contribution is 2.34. The summed E-state index contributed by atoms with van der Waals surface area (Å²) in [6.45, 7) is 0.355. The number of amides is 1. The molecule has 13 heteroatoms. The van der Waals surface area contributed by atoms with E-state index in [1.807, 2.05) is 30.3 Å². The van der Waals surface area contributed by atoms with Crippen molar-refractivity contribution in [2.24, 2.45) is 14.1 Å². The van der Waals surface area contributed by atoms with Gasteiger partial charge < -0.3 is 14.4 Å². The maximum atomic E-state index is 13.3. The Morgan fingerprint density at radius 2 is 1.85 bits per heavy atom. The zero-order chi connectivity index (χ0) is 27.8. The summed E-state index contributed by atoms with van der Waals surface area (Å²) in [7, 11) is 4.39. The van der Waals surface area contributed by atoms with Crippen LogP contribution in [0.2, 0.25) is 0 Å². The van der Waals surface area contributed by atoms with Crippen LogP contribution in [0.3, 0.4) is 0 Å². The largest absolute Gasteiger partial charge is 0.504 e. The predicted molar refractivity (Wildman–Crippen MR) is 154 cm³/mol. The molecule has 1 amide bonds. The number of hydrogen-bond donors (Lipinski definition) is 2. The van der Waals surface area contributed by atoms with Gasteiger partial charge in [0.25, 0.3) is 11.5 Å². The molecule has 0 unspecified atom stereocenters. The number of hydrogen-bond acceptors (Lipinski definition) is 9. The molecular formula is C26H24N6O5S2. The Morgan fingerprint density at radius 1 is 1.10 bits per heavy atom. The smallest absolute Gasteiger partial charge is 0.332 e. The summed E-state index contributed by atoms with van der Waals surface area (Å²) >= 11 is 6.57. The molecule has 2 aromatic carbocycles. The Bertz CT molecular complexity index is 1770. The highest BCUT2D eigenvalue weighted by atomic mass is 32.2. The third-order valence-electron chi connectivity index (χ3n) is 6.32. The predicted octanol–water partition coefficient (Wildman–Crippen LogP) is 2.62. The monoisotopic (exact) mass is 564 g/mol. The molecular weight excluding hydrogens is 540 g/mol. The van der Waals surface area contributed by atoms with Crippen LogP contribution in [0, 0.1) is 0 Å². The van der Waals surface area contributed by atoms with Crippen LogP contribution in [0.1, 0.15) is 11.1 Å². The van der Waals surface area contributed by atoms with Crippen molar-refractivity contribution >= 4 is 57.4 Å². The molecule has 2 N–H and O–H groups in total. The molecule has 200 valence electrons. The SMILES string of the molecule is COc1cc(/C=C2/SC(=S)N(Nc3nc4c(c(=O)n(C)c(=O)n4C)n3CCc3ccccc3)C2=O)ccc1O. The number of aromatic hydroxyl groups is 1. The molecule has 11 nitrogen and oxygen atoms in total. The topological polar surface area (TPSA) is 124 Å². The number of imidazole rings is 1. The van der Waals surface area contributed by atoms with Crippen molar-refractivity contribution in [1.82, 2.24) is 23.7 Å². The molecule has 1 aliphatic heterocycles. The normalized spacial score (nSPS) is 14.5. The molecule has 4 aromatic rings. The number of rotatable bonds is 7. The molecule has 3 heterocycles. The van der Waals surface area contributed by atoms with Gasteiger partial charge in [-0.2, -0.15) is 9.99 Å². The van der Waals surface area contributed by atoms with E-state index in [1.165, 1.54) is 36.8 Å². The Hall–Kier alpha value is -4.36. The van der Waals surface area contributed by atoms with Crippen LogP contribution in [0.4, 0.5) is 5.95 Å². The first kappa shape index (κ1) is 26.3. The lowest BCUT2D eigenvalue weighted by molar-refractivity contribution is -0.121. The lowest BCUT2D eigenvalue weighted by Gasteiger charge is -2.17. The van der Waals surface area contributed by atoms with Crippen molar-refractivity contribution < 1.29 is 14.6 Å². The maximum Gasteiger partial charge on any atom is 0.332 e. The van der Waals surface area contributed by atoms with Gasteiger partial charge in [0.15, 0.2) is 27.0 Å². The van der Waals surface area contributed by atoms with Crippen molar-refractivity contribution in [3.05, 3.63) is 85.4 Å². The summed E-state index contributed by atoms with van der Waals surface area (Å²) < 4.78 is 9.37. The molecule has 0 radical (unpaired) electrons. The third-order valence-corrected chi connectivity index (χ3v) is 7.62. The molecule has 0 bridgehead atoms. The van der Waals surface area contributed by atoms with Crippen LogP contribution in [-0.2, 0) is 31.9 Å². The van der Waals surface area contributed by atoms with Gasteiger partial charge in [0.1, 0.15) is 0 Å². The van der Waals surface area contributed by atoms with E-state index in [0.717, 1.165) is 21.9 Å². The summed E-state index contributed by atoms with van der Waals surface area (Å²) in [5.74, 6) is 0.0408. The molecule has 0 aliphatic carbocycles. The first-order chi connectivity index (χ1) is 18.7. The van der Waals surface area contributed by atoms with Gasteiger partial charge in [-0.15, -0.1) is 0 Å². The fourth-order valence-corrected chi connectivity index (χ4v) is 5.41. The van der Waals surface area contributed by atoms with Crippen LogP contribution in [-0.4, -0.2) is 46.1 Å². The number of aryl methyl sites for hydroxylation is 3. The lowest BCUT2D eigenvalue weighted by atomic mass is 10.1. The van der Waals surface area contributed by atoms with E-state index in [4.69, 9.17) is 17.0 Å². The Balaban J connectivity index is 1.53. The Labute approximate surface area is 231 Å². The van der Waals surface area contributed by atoms with E-state index in [9.17, 15) is 19.5 Å². The van der Waals surface area contributed by atoms with Gasteiger partial charge in [-0.1, -0.05) is 48.2 Å². The van der Waals surface area contributed by atoms with Crippen molar-refractivity contribution in [3.63, 3.8) is 0 Å².